The van der Waals surface area contributed by atoms with E-state index < -0.39 is 0 Å². The zero-order chi connectivity index (χ0) is 14.4. The topological polar surface area (TPSA) is 32.3 Å². The molecule has 2 rings (SSSR count). The number of nitrogens with zero attached hydrogens (tertiary/aromatic N) is 1. The Morgan fingerprint density at radius 1 is 1.30 bits per heavy atom. The van der Waals surface area contributed by atoms with Crippen molar-refractivity contribution in [1.82, 2.24) is 10.2 Å². The first-order chi connectivity index (χ1) is 9.72. The zero-order valence-corrected chi connectivity index (χ0v) is 12.7. The van der Waals surface area contributed by atoms with E-state index in [1.54, 1.807) is 0 Å². The summed E-state index contributed by atoms with van der Waals surface area (Å²) >= 11 is 0. The second kappa shape index (κ2) is 6.89. The molecular weight excluding hydrogens is 248 g/mol. The van der Waals surface area contributed by atoms with Gasteiger partial charge in [-0.05, 0) is 37.8 Å². The molecule has 3 heteroatoms. The molecule has 1 unspecified atom stereocenters. The van der Waals surface area contributed by atoms with Crippen molar-refractivity contribution in [3.8, 4) is 0 Å². The van der Waals surface area contributed by atoms with Gasteiger partial charge in [0.15, 0.2) is 0 Å². The van der Waals surface area contributed by atoms with Crippen molar-refractivity contribution < 1.29 is 4.79 Å². The Morgan fingerprint density at radius 2 is 2.05 bits per heavy atom. The normalized spacial score (nSPS) is 21.9. The van der Waals surface area contributed by atoms with Crippen LogP contribution >= 0.6 is 0 Å². The molecule has 20 heavy (non-hydrogen) atoms. The molecule has 3 nitrogen and oxygen atoms in total. The molecule has 110 valence electrons. The van der Waals surface area contributed by atoms with Crippen LogP contribution in [0.3, 0.4) is 0 Å². The van der Waals surface area contributed by atoms with Crippen molar-refractivity contribution in [3.63, 3.8) is 0 Å². The molecule has 1 aliphatic heterocycles. The Kier molecular flexibility index (Phi) is 5.18. The summed E-state index contributed by atoms with van der Waals surface area (Å²) in [6.45, 7) is 6.76. The third kappa shape index (κ3) is 3.21. The van der Waals surface area contributed by atoms with Gasteiger partial charge in [0.25, 0.3) is 0 Å². The number of hydrogen-bond donors (Lipinski definition) is 1. The number of carbonyl (C=O) groups excluding carboxylic acids is 1. The Bertz CT molecular complexity index is 424. The van der Waals surface area contributed by atoms with Crippen LogP contribution in [0, 0.1) is 0 Å². The minimum absolute atomic E-state index is 0.281. The summed E-state index contributed by atoms with van der Waals surface area (Å²) in [6, 6.07) is 10.3. The van der Waals surface area contributed by atoms with Crippen molar-refractivity contribution in [3.05, 3.63) is 35.9 Å². The summed E-state index contributed by atoms with van der Waals surface area (Å²) in [4.78, 5) is 15.0. The standard InChI is InChI=1S/C17H26N2O/c1-3-13-19(14-15-9-6-5-7-10-15)16(20)17(4-2)11-8-12-18-17/h5-7,9-10,18H,3-4,8,11-14H2,1-2H3. The predicted molar refractivity (Wildman–Crippen MR) is 82.4 cm³/mol. The van der Waals surface area contributed by atoms with Crippen molar-refractivity contribution in [2.75, 3.05) is 13.1 Å². The van der Waals surface area contributed by atoms with Gasteiger partial charge >= 0.3 is 0 Å². The Morgan fingerprint density at radius 3 is 2.60 bits per heavy atom. The fourth-order valence-electron chi connectivity index (χ4n) is 3.07. The first kappa shape index (κ1) is 15.0. The maximum absolute atomic E-state index is 13.0. The van der Waals surface area contributed by atoms with Gasteiger partial charge in [-0.3, -0.25) is 4.79 Å². The van der Waals surface area contributed by atoms with Gasteiger partial charge in [-0.2, -0.15) is 0 Å². The summed E-state index contributed by atoms with van der Waals surface area (Å²) in [5, 5.41) is 3.45. The molecule has 0 radical (unpaired) electrons. The van der Waals surface area contributed by atoms with Gasteiger partial charge < -0.3 is 10.2 Å². The summed E-state index contributed by atoms with van der Waals surface area (Å²) in [5.41, 5.74) is 0.891. The number of hydrogen-bond acceptors (Lipinski definition) is 2. The first-order valence-electron chi connectivity index (χ1n) is 7.80. The van der Waals surface area contributed by atoms with Crippen molar-refractivity contribution >= 4 is 5.91 Å². The minimum atomic E-state index is -0.316. The fourth-order valence-corrected chi connectivity index (χ4v) is 3.07. The molecule has 1 amide bonds. The van der Waals surface area contributed by atoms with Crippen molar-refractivity contribution in [2.24, 2.45) is 0 Å². The lowest BCUT2D eigenvalue weighted by Gasteiger charge is -2.34. The highest BCUT2D eigenvalue weighted by Gasteiger charge is 2.41. The van der Waals surface area contributed by atoms with E-state index in [1.165, 1.54) is 5.56 Å². The third-order valence-corrected chi connectivity index (χ3v) is 4.25. The number of rotatable bonds is 6. The lowest BCUT2D eigenvalue weighted by Crippen LogP contribution is -2.54. The second-order valence-corrected chi connectivity index (χ2v) is 5.68. The molecule has 1 heterocycles. The fraction of sp³-hybridized carbons (Fsp3) is 0.588. The molecule has 1 fully saturated rings. The van der Waals surface area contributed by atoms with Crippen LogP contribution in [0.5, 0.6) is 0 Å². The Labute approximate surface area is 122 Å². The average molecular weight is 274 g/mol. The van der Waals surface area contributed by atoms with Gasteiger partial charge in [0, 0.05) is 13.1 Å². The van der Waals surface area contributed by atoms with E-state index in [4.69, 9.17) is 0 Å². The van der Waals surface area contributed by atoms with Crippen LogP contribution in [0.4, 0.5) is 0 Å². The van der Waals surface area contributed by atoms with Crippen LogP contribution < -0.4 is 5.32 Å². The highest BCUT2D eigenvalue weighted by atomic mass is 16.2. The molecule has 0 saturated carbocycles. The monoisotopic (exact) mass is 274 g/mol. The lowest BCUT2D eigenvalue weighted by atomic mass is 9.92. The molecule has 0 bridgehead atoms. The summed E-state index contributed by atoms with van der Waals surface area (Å²) in [6.07, 6.45) is 3.95. The Balaban J connectivity index is 2.13. The highest BCUT2D eigenvalue weighted by Crippen LogP contribution is 2.26. The van der Waals surface area contributed by atoms with Gasteiger partial charge in [0.1, 0.15) is 0 Å². The minimum Gasteiger partial charge on any atom is -0.337 e. The molecule has 1 saturated heterocycles. The molecule has 0 spiro atoms. The number of nitrogens with one attached hydrogen (secondary N) is 1. The van der Waals surface area contributed by atoms with Crippen LogP contribution in [0.1, 0.15) is 45.1 Å². The largest absolute Gasteiger partial charge is 0.337 e. The van der Waals surface area contributed by atoms with Crippen LogP contribution in [0.2, 0.25) is 0 Å². The maximum Gasteiger partial charge on any atom is 0.243 e. The maximum atomic E-state index is 13.0. The molecule has 0 aromatic heterocycles. The average Bonchev–Trinajstić information content (AvgIpc) is 2.97. The third-order valence-electron chi connectivity index (χ3n) is 4.25. The molecule has 1 aromatic rings. The van der Waals surface area contributed by atoms with Crippen LogP contribution in [-0.4, -0.2) is 29.4 Å². The lowest BCUT2D eigenvalue weighted by molar-refractivity contribution is -0.138. The van der Waals surface area contributed by atoms with Gasteiger partial charge in [-0.25, -0.2) is 0 Å². The van der Waals surface area contributed by atoms with E-state index in [2.05, 4.69) is 31.3 Å². The van der Waals surface area contributed by atoms with Gasteiger partial charge in [0.05, 0.1) is 5.54 Å². The number of benzene rings is 1. The van der Waals surface area contributed by atoms with E-state index in [0.717, 1.165) is 45.3 Å². The van der Waals surface area contributed by atoms with Gasteiger partial charge in [-0.15, -0.1) is 0 Å². The van der Waals surface area contributed by atoms with Crippen LogP contribution in [-0.2, 0) is 11.3 Å². The van der Waals surface area contributed by atoms with Crippen LogP contribution in [0.25, 0.3) is 0 Å². The van der Waals surface area contributed by atoms with Crippen LogP contribution in [0.15, 0.2) is 30.3 Å². The molecule has 1 atom stereocenters. The summed E-state index contributed by atoms with van der Waals surface area (Å²) < 4.78 is 0. The number of amides is 1. The second-order valence-electron chi connectivity index (χ2n) is 5.68. The first-order valence-corrected chi connectivity index (χ1v) is 7.80. The predicted octanol–water partition coefficient (Wildman–Crippen LogP) is 2.96. The van der Waals surface area contributed by atoms with E-state index in [-0.39, 0.29) is 11.4 Å². The molecule has 1 N–H and O–H groups in total. The van der Waals surface area contributed by atoms with Gasteiger partial charge in [-0.1, -0.05) is 44.2 Å². The molecule has 0 aliphatic carbocycles. The van der Waals surface area contributed by atoms with E-state index in [9.17, 15) is 4.79 Å². The SMILES string of the molecule is CCCN(Cc1ccccc1)C(=O)C1(CC)CCCN1. The van der Waals surface area contributed by atoms with Crippen molar-refractivity contribution in [2.45, 2.75) is 51.6 Å². The van der Waals surface area contributed by atoms with E-state index in [0.29, 0.717) is 0 Å². The summed E-state index contributed by atoms with van der Waals surface area (Å²) in [7, 11) is 0. The highest BCUT2D eigenvalue weighted by molar-refractivity contribution is 5.86. The molecular formula is C17H26N2O. The zero-order valence-electron chi connectivity index (χ0n) is 12.7. The molecule has 1 aliphatic rings. The smallest absolute Gasteiger partial charge is 0.243 e. The van der Waals surface area contributed by atoms with Crippen molar-refractivity contribution in [1.29, 1.82) is 0 Å². The molecule has 1 aromatic carbocycles. The van der Waals surface area contributed by atoms with E-state index >= 15 is 0 Å². The number of carbonyl (C=O) groups is 1. The quantitative estimate of drug-likeness (QED) is 0.865. The van der Waals surface area contributed by atoms with E-state index in [1.807, 2.05) is 23.1 Å². The Hall–Kier alpha value is -1.35. The van der Waals surface area contributed by atoms with Gasteiger partial charge in [0.2, 0.25) is 5.91 Å². The summed E-state index contributed by atoms with van der Waals surface area (Å²) in [5.74, 6) is 0.281.